The molecule has 0 aliphatic carbocycles. The summed E-state index contributed by atoms with van der Waals surface area (Å²) in [5.41, 5.74) is 7.91. The SMILES string of the molecule is CCCNC(=O)Nc1cc(-c2ccccc2)ccc1C[C@H](NC(N)=O)C(=O)O. The van der Waals surface area contributed by atoms with E-state index in [2.05, 4.69) is 16.0 Å². The molecule has 0 spiro atoms. The van der Waals surface area contributed by atoms with Crippen LogP contribution in [0.5, 0.6) is 0 Å². The Morgan fingerprint density at radius 1 is 1.07 bits per heavy atom. The van der Waals surface area contributed by atoms with Crippen LogP contribution in [0, 0.1) is 0 Å². The molecule has 0 aromatic heterocycles. The molecule has 6 N–H and O–H groups in total. The number of primary amides is 1. The number of nitrogens with one attached hydrogen (secondary N) is 3. The Hall–Kier alpha value is -3.55. The van der Waals surface area contributed by atoms with Crippen LogP contribution in [0.3, 0.4) is 0 Å². The summed E-state index contributed by atoms with van der Waals surface area (Å²) < 4.78 is 0. The molecule has 0 radical (unpaired) electrons. The Labute approximate surface area is 163 Å². The number of carboxylic acid groups (broad SMARTS) is 1. The van der Waals surface area contributed by atoms with Gasteiger partial charge in [0, 0.05) is 18.7 Å². The number of rotatable bonds is 8. The topological polar surface area (TPSA) is 134 Å². The molecule has 2 aromatic rings. The van der Waals surface area contributed by atoms with Gasteiger partial charge in [-0.3, -0.25) is 0 Å². The van der Waals surface area contributed by atoms with Crippen molar-refractivity contribution in [2.45, 2.75) is 25.8 Å². The summed E-state index contributed by atoms with van der Waals surface area (Å²) in [5.74, 6) is -1.22. The molecule has 8 nitrogen and oxygen atoms in total. The number of urea groups is 2. The van der Waals surface area contributed by atoms with Gasteiger partial charge >= 0.3 is 18.0 Å². The van der Waals surface area contributed by atoms with Crippen LogP contribution in [0.4, 0.5) is 15.3 Å². The van der Waals surface area contributed by atoms with Gasteiger partial charge in [0.25, 0.3) is 0 Å². The Kier molecular flexibility index (Phi) is 7.38. The largest absolute Gasteiger partial charge is 0.480 e. The van der Waals surface area contributed by atoms with Gasteiger partial charge in [-0.05, 0) is 29.2 Å². The first kappa shape index (κ1) is 20.8. The van der Waals surface area contributed by atoms with Crippen molar-refractivity contribution in [1.82, 2.24) is 10.6 Å². The van der Waals surface area contributed by atoms with Crippen molar-refractivity contribution in [3.05, 3.63) is 54.1 Å². The zero-order chi connectivity index (χ0) is 20.5. The monoisotopic (exact) mass is 384 g/mol. The molecule has 4 amide bonds. The van der Waals surface area contributed by atoms with Crippen LogP contribution in [0.25, 0.3) is 11.1 Å². The minimum Gasteiger partial charge on any atom is -0.480 e. The number of carboxylic acids is 1. The molecule has 2 rings (SSSR count). The molecule has 0 fully saturated rings. The maximum atomic E-state index is 12.1. The molecule has 8 heteroatoms. The predicted octanol–water partition coefficient (Wildman–Crippen LogP) is 2.55. The average molecular weight is 384 g/mol. The molecule has 148 valence electrons. The third-order valence-electron chi connectivity index (χ3n) is 4.04. The smallest absolute Gasteiger partial charge is 0.326 e. The molecule has 1 atom stereocenters. The normalized spacial score (nSPS) is 11.3. The number of carbonyl (C=O) groups is 3. The zero-order valence-corrected chi connectivity index (χ0v) is 15.6. The lowest BCUT2D eigenvalue weighted by Gasteiger charge is -2.18. The second-order valence-corrected chi connectivity index (χ2v) is 6.22. The summed E-state index contributed by atoms with van der Waals surface area (Å²) in [4.78, 5) is 34.7. The van der Waals surface area contributed by atoms with Crippen LogP contribution in [0.2, 0.25) is 0 Å². The van der Waals surface area contributed by atoms with Gasteiger partial charge in [0.1, 0.15) is 6.04 Å². The second-order valence-electron chi connectivity index (χ2n) is 6.22. The highest BCUT2D eigenvalue weighted by atomic mass is 16.4. The van der Waals surface area contributed by atoms with Gasteiger partial charge in [-0.25, -0.2) is 14.4 Å². The molecule has 0 aliphatic heterocycles. The lowest BCUT2D eigenvalue weighted by atomic mass is 9.98. The van der Waals surface area contributed by atoms with E-state index in [4.69, 9.17) is 5.73 Å². The van der Waals surface area contributed by atoms with Crippen LogP contribution in [0.1, 0.15) is 18.9 Å². The molecular formula is C20H24N4O4. The van der Waals surface area contributed by atoms with Crippen molar-refractivity contribution in [2.75, 3.05) is 11.9 Å². The first-order valence-electron chi connectivity index (χ1n) is 8.92. The molecule has 0 aliphatic rings. The van der Waals surface area contributed by atoms with E-state index in [9.17, 15) is 19.5 Å². The van der Waals surface area contributed by atoms with E-state index in [0.29, 0.717) is 17.8 Å². The van der Waals surface area contributed by atoms with Gasteiger partial charge in [0.05, 0.1) is 0 Å². The van der Waals surface area contributed by atoms with E-state index in [1.165, 1.54) is 0 Å². The minimum absolute atomic E-state index is 0.0310. The summed E-state index contributed by atoms with van der Waals surface area (Å²) in [6.07, 6.45) is 0.755. The summed E-state index contributed by atoms with van der Waals surface area (Å²) in [6.45, 7) is 2.45. The number of carbonyl (C=O) groups excluding carboxylic acids is 2. The average Bonchev–Trinajstić information content (AvgIpc) is 2.67. The van der Waals surface area contributed by atoms with E-state index in [1.54, 1.807) is 12.1 Å². The molecule has 2 aromatic carbocycles. The van der Waals surface area contributed by atoms with Gasteiger partial charge < -0.3 is 26.8 Å². The highest BCUT2D eigenvalue weighted by molar-refractivity contribution is 5.91. The van der Waals surface area contributed by atoms with Gasteiger partial charge in [-0.15, -0.1) is 0 Å². The maximum Gasteiger partial charge on any atom is 0.326 e. The van der Waals surface area contributed by atoms with Crippen LogP contribution in [0.15, 0.2) is 48.5 Å². The van der Waals surface area contributed by atoms with Gasteiger partial charge in [0.15, 0.2) is 0 Å². The van der Waals surface area contributed by atoms with E-state index < -0.39 is 18.0 Å². The van der Waals surface area contributed by atoms with Crippen molar-refractivity contribution in [3.63, 3.8) is 0 Å². The predicted molar refractivity (Wildman–Crippen MR) is 107 cm³/mol. The Morgan fingerprint density at radius 2 is 1.79 bits per heavy atom. The number of aliphatic carboxylic acids is 1. The van der Waals surface area contributed by atoms with Gasteiger partial charge in [-0.1, -0.05) is 49.4 Å². The molecule has 0 saturated carbocycles. The molecule has 0 heterocycles. The standard InChI is InChI=1S/C20H24N4O4/c1-2-10-22-20(28)24-16-11-14(13-6-4-3-5-7-13)8-9-15(16)12-17(18(25)26)23-19(21)27/h3-9,11,17H,2,10,12H2,1H3,(H,25,26)(H3,21,23,27)(H2,22,24,28)/t17-/m0/s1. The lowest BCUT2D eigenvalue weighted by molar-refractivity contribution is -0.139. The number of hydrogen-bond donors (Lipinski definition) is 5. The first-order valence-corrected chi connectivity index (χ1v) is 8.92. The molecule has 0 bridgehead atoms. The first-order chi connectivity index (χ1) is 13.4. The van der Waals surface area contributed by atoms with Crippen molar-refractivity contribution in [3.8, 4) is 11.1 Å². The number of hydrogen-bond acceptors (Lipinski definition) is 3. The minimum atomic E-state index is -1.22. The van der Waals surface area contributed by atoms with Crippen molar-refractivity contribution < 1.29 is 19.5 Å². The van der Waals surface area contributed by atoms with Crippen molar-refractivity contribution in [2.24, 2.45) is 5.73 Å². The van der Waals surface area contributed by atoms with E-state index in [1.807, 2.05) is 43.3 Å². The molecule has 0 unspecified atom stereocenters. The number of anilines is 1. The fourth-order valence-corrected chi connectivity index (χ4v) is 2.68. The summed E-state index contributed by atoms with van der Waals surface area (Å²) in [6, 6.07) is 12.4. The zero-order valence-electron chi connectivity index (χ0n) is 15.6. The highest BCUT2D eigenvalue weighted by Crippen LogP contribution is 2.26. The van der Waals surface area contributed by atoms with Crippen LogP contribution in [-0.4, -0.2) is 35.7 Å². The van der Waals surface area contributed by atoms with Gasteiger partial charge in [0.2, 0.25) is 0 Å². The fraction of sp³-hybridized carbons (Fsp3) is 0.250. The van der Waals surface area contributed by atoms with Crippen molar-refractivity contribution >= 4 is 23.7 Å². The number of nitrogens with two attached hydrogens (primary N) is 1. The van der Waals surface area contributed by atoms with Crippen molar-refractivity contribution in [1.29, 1.82) is 0 Å². The Bertz CT molecular complexity index is 839. The Balaban J connectivity index is 2.35. The lowest BCUT2D eigenvalue weighted by Crippen LogP contribution is -2.45. The second kappa shape index (κ2) is 9.96. The third-order valence-corrected chi connectivity index (χ3v) is 4.04. The third kappa shape index (κ3) is 6.01. The molecule has 0 saturated heterocycles. The highest BCUT2D eigenvalue weighted by Gasteiger charge is 2.21. The van der Waals surface area contributed by atoms with Crippen LogP contribution in [-0.2, 0) is 11.2 Å². The van der Waals surface area contributed by atoms with E-state index in [-0.39, 0.29) is 12.5 Å². The fourth-order valence-electron chi connectivity index (χ4n) is 2.68. The molecule has 28 heavy (non-hydrogen) atoms. The summed E-state index contributed by atoms with van der Waals surface area (Å²) in [5, 5.41) is 17.0. The summed E-state index contributed by atoms with van der Waals surface area (Å²) >= 11 is 0. The number of amides is 4. The summed E-state index contributed by atoms with van der Waals surface area (Å²) in [7, 11) is 0. The van der Waals surface area contributed by atoms with Crippen LogP contribution < -0.4 is 21.7 Å². The quantitative estimate of drug-likeness (QED) is 0.478. The maximum absolute atomic E-state index is 12.1. The molecular weight excluding hydrogens is 360 g/mol. The van der Waals surface area contributed by atoms with E-state index in [0.717, 1.165) is 17.5 Å². The van der Waals surface area contributed by atoms with Gasteiger partial charge in [-0.2, -0.15) is 0 Å². The van der Waals surface area contributed by atoms with E-state index >= 15 is 0 Å². The number of benzene rings is 2. The van der Waals surface area contributed by atoms with Crippen LogP contribution >= 0.6 is 0 Å². The Morgan fingerprint density at radius 3 is 2.39 bits per heavy atom.